The number of fused-ring (bicyclic) bond motifs is 5. The Morgan fingerprint density at radius 1 is 1.10 bits per heavy atom. The molecule has 0 radical (unpaired) electrons. The van der Waals surface area contributed by atoms with Crippen LogP contribution in [0.15, 0.2) is 24.3 Å². The first-order chi connectivity index (χ1) is 9.95. The molecule has 4 rings (SSSR count). The molecule has 4 aliphatic carbocycles. The largest absolute Gasteiger partial charge is 0.388 e. The predicted molar refractivity (Wildman–Crippen MR) is 85.5 cm³/mol. The van der Waals surface area contributed by atoms with Crippen molar-refractivity contribution in [2.24, 2.45) is 40.2 Å². The lowest BCUT2D eigenvalue weighted by molar-refractivity contribution is -0.0872. The van der Waals surface area contributed by atoms with Crippen molar-refractivity contribution < 1.29 is 5.11 Å². The van der Waals surface area contributed by atoms with Crippen molar-refractivity contribution in [2.45, 2.75) is 58.1 Å². The predicted octanol–water partition coefficient (Wildman–Crippen LogP) is 3.27. The maximum absolute atomic E-state index is 10.4. The highest BCUT2D eigenvalue weighted by Gasteiger charge is 2.57. The molecule has 3 unspecified atom stereocenters. The summed E-state index contributed by atoms with van der Waals surface area (Å²) >= 11 is 0. The van der Waals surface area contributed by atoms with E-state index in [-0.39, 0.29) is 17.6 Å². The van der Waals surface area contributed by atoms with Crippen molar-refractivity contribution >= 4 is 0 Å². The van der Waals surface area contributed by atoms with E-state index in [0.29, 0.717) is 11.3 Å². The summed E-state index contributed by atoms with van der Waals surface area (Å²) < 4.78 is 0. The van der Waals surface area contributed by atoms with Gasteiger partial charge >= 0.3 is 0 Å². The first-order valence-electron chi connectivity index (χ1n) is 8.76. The van der Waals surface area contributed by atoms with Gasteiger partial charge in [-0.3, -0.25) is 0 Å². The van der Waals surface area contributed by atoms with Crippen molar-refractivity contribution in [1.82, 2.24) is 0 Å². The van der Waals surface area contributed by atoms with Gasteiger partial charge in [-0.05, 0) is 61.2 Å². The fraction of sp³-hybridized carbons (Fsp3) is 0.789. The third kappa shape index (κ3) is 1.78. The topological polar surface area (TPSA) is 46.2 Å². The fourth-order valence-electron chi connectivity index (χ4n) is 6.27. The van der Waals surface area contributed by atoms with E-state index in [2.05, 4.69) is 38.2 Å². The van der Waals surface area contributed by atoms with Crippen LogP contribution in [0, 0.1) is 34.5 Å². The van der Waals surface area contributed by atoms with Crippen molar-refractivity contribution in [1.29, 1.82) is 0 Å². The van der Waals surface area contributed by atoms with E-state index < -0.39 is 0 Å². The quantitative estimate of drug-likeness (QED) is 0.672. The first kappa shape index (κ1) is 14.0. The summed E-state index contributed by atoms with van der Waals surface area (Å²) in [5.74, 6) is 2.86. The first-order valence-corrected chi connectivity index (χ1v) is 8.76. The van der Waals surface area contributed by atoms with Crippen LogP contribution < -0.4 is 5.73 Å². The van der Waals surface area contributed by atoms with Crippen LogP contribution in [0.4, 0.5) is 0 Å². The molecule has 0 amide bonds. The normalized spacial score (nSPS) is 58.5. The Morgan fingerprint density at radius 2 is 1.90 bits per heavy atom. The van der Waals surface area contributed by atoms with Crippen LogP contribution in [0.2, 0.25) is 0 Å². The maximum atomic E-state index is 10.4. The number of hydrogen-bond acceptors (Lipinski definition) is 2. The summed E-state index contributed by atoms with van der Waals surface area (Å²) in [7, 11) is 0. The zero-order valence-electron chi connectivity index (χ0n) is 13.3. The van der Waals surface area contributed by atoms with Crippen molar-refractivity contribution in [3.8, 4) is 0 Å². The number of aliphatic hydroxyl groups excluding tert-OH is 1. The van der Waals surface area contributed by atoms with Crippen LogP contribution in [0.1, 0.15) is 46.0 Å². The van der Waals surface area contributed by atoms with E-state index in [0.717, 1.165) is 30.6 Å². The lowest BCUT2D eigenvalue weighted by atomic mass is 9.46. The molecule has 2 saturated carbocycles. The van der Waals surface area contributed by atoms with Gasteiger partial charge in [-0.15, -0.1) is 0 Å². The zero-order chi connectivity index (χ0) is 14.8. The van der Waals surface area contributed by atoms with Crippen molar-refractivity contribution in [2.75, 3.05) is 0 Å². The molecule has 2 heteroatoms. The second-order valence-corrected chi connectivity index (χ2v) is 8.57. The number of nitrogens with two attached hydrogens (primary N) is 1. The molecule has 4 aliphatic rings. The van der Waals surface area contributed by atoms with E-state index in [9.17, 15) is 5.11 Å². The van der Waals surface area contributed by atoms with Crippen LogP contribution in [0.5, 0.6) is 0 Å². The standard InChI is InChI=1S/C19H29NO/c1-18-9-7-13(20)11-12(18)3-4-14-15-5-6-17(21)19(15,2)10-8-16(14)18/h5-7,9,12-17,21H,3-4,8,10-11,20H2,1-2H3/t12?,13?,14-,15-,16+,17?,18-,19-/m0/s1. The minimum Gasteiger partial charge on any atom is -0.388 e. The molecule has 2 nitrogen and oxygen atoms in total. The molecular weight excluding hydrogens is 258 g/mol. The number of rotatable bonds is 0. The molecule has 0 saturated heterocycles. The van der Waals surface area contributed by atoms with Crippen LogP contribution >= 0.6 is 0 Å². The summed E-state index contributed by atoms with van der Waals surface area (Å²) in [6.45, 7) is 4.79. The van der Waals surface area contributed by atoms with E-state index in [1.807, 2.05) is 0 Å². The molecule has 21 heavy (non-hydrogen) atoms. The summed E-state index contributed by atoms with van der Waals surface area (Å²) in [5.41, 5.74) is 6.59. The van der Waals surface area contributed by atoms with Gasteiger partial charge in [-0.1, -0.05) is 38.2 Å². The minimum atomic E-state index is -0.232. The van der Waals surface area contributed by atoms with Gasteiger partial charge in [0.1, 0.15) is 0 Å². The summed E-state index contributed by atoms with van der Waals surface area (Å²) in [6, 6.07) is 0.265. The van der Waals surface area contributed by atoms with Crippen LogP contribution in [-0.4, -0.2) is 17.3 Å². The van der Waals surface area contributed by atoms with E-state index in [1.54, 1.807) is 0 Å². The molecule has 116 valence electrons. The van der Waals surface area contributed by atoms with Gasteiger partial charge in [0, 0.05) is 11.5 Å². The van der Waals surface area contributed by atoms with Gasteiger partial charge in [-0.25, -0.2) is 0 Å². The molecule has 0 aliphatic heterocycles. The van der Waals surface area contributed by atoms with Gasteiger partial charge in [0.25, 0.3) is 0 Å². The Hall–Kier alpha value is -0.600. The van der Waals surface area contributed by atoms with Gasteiger partial charge in [0.2, 0.25) is 0 Å². The molecule has 0 aromatic rings. The Bertz CT molecular complexity index is 498. The number of allylic oxidation sites excluding steroid dienone is 2. The number of aliphatic hydroxyl groups is 1. The van der Waals surface area contributed by atoms with E-state index >= 15 is 0 Å². The number of hydrogen-bond donors (Lipinski definition) is 2. The second kappa shape index (κ2) is 4.45. The molecule has 8 atom stereocenters. The van der Waals surface area contributed by atoms with Crippen LogP contribution in [-0.2, 0) is 0 Å². The van der Waals surface area contributed by atoms with Gasteiger partial charge in [-0.2, -0.15) is 0 Å². The molecular formula is C19H29NO. The lowest BCUT2D eigenvalue weighted by Gasteiger charge is -2.59. The van der Waals surface area contributed by atoms with Gasteiger partial charge < -0.3 is 10.8 Å². The highest BCUT2D eigenvalue weighted by Crippen LogP contribution is 2.63. The van der Waals surface area contributed by atoms with Crippen LogP contribution in [0.3, 0.4) is 0 Å². The molecule has 0 bridgehead atoms. The molecule has 0 aromatic carbocycles. The van der Waals surface area contributed by atoms with Gasteiger partial charge in [0.05, 0.1) is 6.10 Å². The highest BCUT2D eigenvalue weighted by molar-refractivity contribution is 5.22. The molecule has 0 aromatic heterocycles. The third-order valence-electron chi connectivity index (χ3n) is 7.70. The monoisotopic (exact) mass is 287 g/mol. The van der Waals surface area contributed by atoms with Crippen LogP contribution in [0.25, 0.3) is 0 Å². The average molecular weight is 287 g/mol. The Morgan fingerprint density at radius 3 is 2.71 bits per heavy atom. The summed E-state index contributed by atoms with van der Waals surface area (Å²) in [6.07, 6.45) is 15.1. The Kier molecular flexibility index (Phi) is 2.97. The lowest BCUT2D eigenvalue weighted by Crippen LogP contribution is -2.53. The smallest absolute Gasteiger partial charge is 0.0780 e. The highest BCUT2D eigenvalue weighted by atomic mass is 16.3. The Labute approximate surface area is 128 Å². The Balaban J connectivity index is 1.68. The van der Waals surface area contributed by atoms with Gasteiger partial charge in [0.15, 0.2) is 0 Å². The molecule has 2 fully saturated rings. The molecule has 0 spiro atoms. The minimum absolute atomic E-state index is 0.0964. The average Bonchev–Trinajstić information content (AvgIpc) is 2.76. The maximum Gasteiger partial charge on any atom is 0.0780 e. The summed E-state index contributed by atoms with van der Waals surface area (Å²) in [5, 5.41) is 10.4. The second-order valence-electron chi connectivity index (χ2n) is 8.57. The van der Waals surface area contributed by atoms with Crippen molar-refractivity contribution in [3.05, 3.63) is 24.3 Å². The fourth-order valence-corrected chi connectivity index (χ4v) is 6.27. The van der Waals surface area contributed by atoms with E-state index in [4.69, 9.17) is 5.73 Å². The van der Waals surface area contributed by atoms with E-state index in [1.165, 1.54) is 19.3 Å². The molecule has 3 N–H and O–H groups in total. The third-order valence-corrected chi connectivity index (χ3v) is 7.70. The van der Waals surface area contributed by atoms with Crippen molar-refractivity contribution in [3.63, 3.8) is 0 Å². The molecule has 0 heterocycles. The summed E-state index contributed by atoms with van der Waals surface area (Å²) in [4.78, 5) is 0. The zero-order valence-corrected chi connectivity index (χ0v) is 13.3. The SMILES string of the molecule is C[C@]12C=CC(N)CC1CC[C@@H]1[C@H]2CC[C@]2(C)C(O)C=C[C@@H]12.